The molecule has 20 heavy (non-hydrogen) atoms. The van der Waals surface area contributed by atoms with Crippen LogP contribution in [0.5, 0.6) is 0 Å². The Kier molecular flexibility index (Phi) is 4.31. The molecule has 1 N–H and O–H groups in total. The number of imidazole rings is 1. The van der Waals surface area contributed by atoms with E-state index in [2.05, 4.69) is 15.2 Å². The molecular weight excluding hydrogens is 262 g/mol. The first-order valence-corrected chi connectivity index (χ1v) is 7.48. The number of piperidine rings is 1. The van der Waals surface area contributed by atoms with Gasteiger partial charge in [-0.05, 0) is 51.2 Å². The maximum atomic E-state index is 12.8. The van der Waals surface area contributed by atoms with E-state index in [1.54, 1.807) is 0 Å². The molecule has 2 heterocycles. The van der Waals surface area contributed by atoms with Gasteiger partial charge in [0.05, 0.1) is 6.54 Å². The van der Waals surface area contributed by atoms with E-state index in [9.17, 15) is 8.78 Å². The summed E-state index contributed by atoms with van der Waals surface area (Å²) < 4.78 is 26.5. The molecule has 0 radical (unpaired) electrons. The van der Waals surface area contributed by atoms with Gasteiger partial charge in [-0.3, -0.25) is 9.47 Å². The van der Waals surface area contributed by atoms with Crippen LogP contribution in [0.3, 0.4) is 0 Å². The lowest BCUT2D eigenvalue weighted by Gasteiger charge is -2.31. The summed E-state index contributed by atoms with van der Waals surface area (Å²) in [5.41, 5.74) is 0. The SMILES string of the molecule is FC(F)n1ccnc1CN1CCC(CNC2CC2)CC1. The summed E-state index contributed by atoms with van der Waals surface area (Å²) in [5, 5.41) is 3.58. The van der Waals surface area contributed by atoms with Crippen molar-refractivity contribution in [2.75, 3.05) is 19.6 Å². The van der Waals surface area contributed by atoms with Gasteiger partial charge in [0.25, 0.3) is 0 Å². The highest BCUT2D eigenvalue weighted by atomic mass is 19.3. The fourth-order valence-corrected chi connectivity index (χ4v) is 2.81. The smallest absolute Gasteiger partial charge is 0.314 e. The second-order valence-electron chi connectivity index (χ2n) is 5.93. The van der Waals surface area contributed by atoms with Crippen molar-refractivity contribution in [2.24, 2.45) is 5.92 Å². The highest BCUT2D eigenvalue weighted by molar-refractivity contribution is 4.93. The maximum Gasteiger partial charge on any atom is 0.319 e. The molecule has 1 aliphatic carbocycles. The van der Waals surface area contributed by atoms with Crippen molar-refractivity contribution in [1.82, 2.24) is 19.8 Å². The van der Waals surface area contributed by atoms with Crippen LogP contribution in [0.2, 0.25) is 0 Å². The number of rotatable bonds is 6. The number of halogens is 2. The van der Waals surface area contributed by atoms with Gasteiger partial charge in [0.1, 0.15) is 5.82 Å². The number of hydrogen-bond acceptors (Lipinski definition) is 3. The Bertz CT molecular complexity index is 423. The predicted octanol–water partition coefficient (Wildman–Crippen LogP) is 2.24. The lowest BCUT2D eigenvalue weighted by Crippen LogP contribution is -2.37. The van der Waals surface area contributed by atoms with Gasteiger partial charge >= 0.3 is 6.55 Å². The van der Waals surface area contributed by atoms with Gasteiger partial charge in [-0.25, -0.2) is 4.98 Å². The summed E-state index contributed by atoms with van der Waals surface area (Å²) in [7, 11) is 0. The molecular formula is C14H22F2N4. The minimum atomic E-state index is -2.49. The molecule has 1 aromatic rings. The van der Waals surface area contributed by atoms with Crippen LogP contribution in [0.15, 0.2) is 12.4 Å². The van der Waals surface area contributed by atoms with Crippen molar-refractivity contribution in [3.8, 4) is 0 Å². The van der Waals surface area contributed by atoms with Crippen molar-refractivity contribution < 1.29 is 8.78 Å². The van der Waals surface area contributed by atoms with Crippen LogP contribution >= 0.6 is 0 Å². The minimum Gasteiger partial charge on any atom is -0.314 e. The Morgan fingerprint density at radius 1 is 1.25 bits per heavy atom. The fourth-order valence-electron chi connectivity index (χ4n) is 2.81. The van der Waals surface area contributed by atoms with Crippen LogP contribution in [0, 0.1) is 5.92 Å². The number of nitrogens with one attached hydrogen (secondary N) is 1. The average Bonchev–Trinajstić information content (AvgIpc) is 3.16. The van der Waals surface area contributed by atoms with Gasteiger partial charge in [-0.2, -0.15) is 8.78 Å². The fraction of sp³-hybridized carbons (Fsp3) is 0.786. The van der Waals surface area contributed by atoms with Crippen LogP contribution in [0.4, 0.5) is 8.78 Å². The van der Waals surface area contributed by atoms with Gasteiger partial charge in [0.15, 0.2) is 0 Å². The average molecular weight is 284 g/mol. The van der Waals surface area contributed by atoms with E-state index in [4.69, 9.17) is 0 Å². The van der Waals surface area contributed by atoms with Gasteiger partial charge in [-0.1, -0.05) is 0 Å². The third-order valence-electron chi connectivity index (χ3n) is 4.30. The lowest BCUT2D eigenvalue weighted by molar-refractivity contribution is 0.0623. The maximum absolute atomic E-state index is 12.8. The number of aromatic nitrogens is 2. The minimum absolute atomic E-state index is 0.467. The van der Waals surface area contributed by atoms with Crippen LogP contribution < -0.4 is 5.32 Å². The standard InChI is InChI=1S/C14H22F2N4/c15-14(16)20-8-5-17-13(20)10-19-6-3-11(4-7-19)9-18-12-1-2-12/h5,8,11-12,14,18H,1-4,6-7,9-10H2. The molecule has 0 aromatic carbocycles. The van der Waals surface area contributed by atoms with Crippen LogP contribution in [0.25, 0.3) is 0 Å². The number of alkyl halides is 2. The van der Waals surface area contributed by atoms with E-state index >= 15 is 0 Å². The van der Waals surface area contributed by atoms with Crippen molar-refractivity contribution in [2.45, 2.75) is 44.8 Å². The van der Waals surface area contributed by atoms with Crippen molar-refractivity contribution >= 4 is 0 Å². The quantitative estimate of drug-likeness (QED) is 0.869. The summed E-state index contributed by atoms with van der Waals surface area (Å²) in [4.78, 5) is 6.28. The molecule has 3 rings (SSSR count). The first-order valence-electron chi connectivity index (χ1n) is 7.48. The molecule has 0 atom stereocenters. The molecule has 1 aromatic heterocycles. The summed E-state index contributed by atoms with van der Waals surface area (Å²) in [6.07, 6.45) is 7.76. The van der Waals surface area contributed by atoms with E-state index in [0.717, 1.165) is 49.0 Å². The Balaban J connectivity index is 1.44. The topological polar surface area (TPSA) is 33.1 Å². The third kappa shape index (κ3) is 3.55. The van der Waals surface area contributed by atoms with Crippen LogP contribution in [-0.2, 0) is 6.54 Å². The first-order chi connectivity index (χ1) is 9.72. The summed E-state index contributed by atoms with van der Waals surface area (Å²) in [6, 6.07) is 0.770. The zero-order valence-corrected chi connectivity index (χ0v) is 11.6. The zero-order chi connectivity index (χ0) is 13.9. The van der Waals surface area contributed by atoms with E-state index in [1.807, 2.05) is 0 Å². The number of hydrogen-bond donors (Lipinski definition) is 1. The normalized spacial score (nSPS) is 21.8. The molecule has 112 valence electrons. The van der Waals surface area contributed by atoms with Gasteiger partial charge in [0, 0.05) is 18.4 Å². The third-order valence-corrected chi connectivity index (χ3v) is 4.30. The van der Waals surface area contributed by atoms with E-state index in [1.165, 1.54) is 25.2 Å². The molecule has 0 spiro atoms. The molecule has 2 aliphatic rings. The van der Waals surface area contributed by atoms with E-state index in [0.29, 0.717) is 12.4 Å². The Morgan fingerprint density at radius 3 is 2.65 bits per heavy atom. The summed E-state index contributed by atoms with van der Waals surface area (Å²) in [5.74, 6) is 1.20. The van der Waals surface area contributed by atoms with E-state index < -0.39 is 6.55 Å². The van der Waals surface area contributed by atoms with Crippen molar-refractivity contribution in [1.29, 1.82) is 0 Å². The molecule has 1 saturated carbocycles. The van der Waals surface area contributed by atoms with Gasteiger partial charge in [0.2, 0.25) is 0 Å². The monoisotopic (exact) mass is 284 g/mol. The summed E-state index contributed by atoms with van der Waals surface area (Å²) >= 11 is 0. The van der Waals surface area contributed by atoms with Crippen LogP contribution in [-0.4, -0.2) is 40.1 Å². The Hall–Kier alpha value is -1.01. The lowest BCUT2D eigenvalue weighted by atomic mass is 9.97. The molecule has 4 nitrogen and oxygen atoms in total. The predicted molar refractivity (Wildman–Crippen MR) is 72.5 cm³/mol. The molecule has 2 fully saturated rings. The molecule has 0 bridgehead atoms. The largest absolute Gasteiger partial charge is 0.319 e. The second kappa shape index (κ2) is 6.18. The van der Waals surface area contributed by atoms with Gasteiger partial charge < -0.3 is 5.32 Å². The van der Waals surface area contributed by atoms with Crippen molar-refractivity contribution in [3.05, 3.63) is 18.2 Å². The summed E-state index contributed by atoms with van der Waals surface area (Å²) in [6.45, 7) is 1.11. The molecule has 6 heteroatoms. The van der Waals surface area contributed by atoms with E-state index in [-0.39, 0.29) is 0 Å². The number of nitrogens with zero attached hydrogens (tertiary/aromatic N) is 3. The van der Waals surface area contributed by atoms with Gasteiger partial charge in [-0.15, -0.1) is 0 Å². The zero-order valence-electron chi connectivity index (χ0n) is 11.6. The molecule has 0 unspecified atom stereocenters. The first kappa shape index (κ1) is 13.9. The van der Waals surface area contributed by atoms with Crippen molar-refractivity contribution in [3.63, 3.8) is 0 Å². The Morgan fingerprint density at radius 2 is 2.00 bits per heavy atom. The highest BCUT2D eigenvalue weighted by Gasteiger charge is 2.25. The second-order valence-corrected chi connectivity index (χ2v) is 5.93. The highest BCUT2D eigenvalue weighted by Crippen LogP contribution is 2.23. The Labute approximate surface area is 118 Å². The molecule has 1 aliphatic heterocycles. The molecule has 0 amide bonds. The van der Waals surface area contributed by atoms with Crippen LogP contribution in [0.1, 0.15) is 38.1 Å². The molecule has 1 saturated heterocycles. The number of likely N-dealkylation sites (tertiary alicyclic amines) is 1.